The number of nitrogens with one attached hydrogen (secondary N) is 1. The molecular weight excluding hydrogens is 334 g/mol. The molecule has 0 spiro atoms. The van der Waals surface area contributed by atoms with E-state index < -0.39 is 0 Å². The highest BCUT2D eigenvalue weighted by atomic mass is 79.9. The third-order valence-electron chi connectivity index (χ3n) is 4.24. The number of hydrogen-bond acceptors (Lipinski definition) is 4. The maximum absolute atomic E-state index is 11.2. The second-order valence-electron chi connectivity index (χ2n) is 5.58. The average molecular weight is 356 g/mol. The standard InChI is InChI=1S/C15H22BrN3O2/c1-3-11(2)15(18-8-6-17-7-9-18)12-4-5-13(16)14(10-12)19(20)21/h4-5,10-11,15,17H,3,6-9H2,1-2H3/t11?,15-/m1/s1. The molecule has 6 heteroatoms. The maximum atomic E-state index is 11.2. The summed E-state index contributed by atoms with van der Waals surface area (Å²) >= 11 is 3.27. The highest BCUT2D eigenvalue weighted by molar-refractivity contribution is 9.10. The molecule has 1 aliphatic heterocycles. The first-order chi connectivity index (χ1) is 10.0. The lowest BCUT2D eigenvalue weighted by atomic mass is 9.90. The van der Waals surface area contributed by atoms with Gasteiger partial charge >= 0.3 is 0 Å². The molecule has 0 amide bonds. The lowest BCUT2D eigenvalue weighted by Crippen LogP contribution is -2.46. The molecule has 2 atom stereocenters. The van der Waals surface area contributed by atoms with Crippen molar-refractivity contribution in [1.82, 2.24) is 10.2 Å². The van der Waals surface area contributed by atoms with Gasteiger partial charge in [0.25, 0.3) is 5.69 Å². The number of halogens is 1. The van der Waals surface area contributed by atoms with Crippen LogP contribution in [0.4, 0.5) is 5.69 Å². The molecule has 1 unspecified atom stereocenters. The minimum Gasteiger partial charge on any atom is -0.314 e. The van der Waals surface area contributed by atoms with Gasteiger partial charge in [-0.3, -0.25) is 15.0 Å². The van der Waals surface area contributed by atoms with Crippen LogP contribution in [0.15, 0.2) is 22.7 Å². The summed E-state index contributed by atoms with van der Waals surface area (Å²) in [6.45, 7) is 8.32. The molecule has 2 rings (SSSR count). The van der Waals surface area contributed by atoms with Crippen LogP contribution >= 0.6 is 15.9 Å². The van der Waals surface area contributed by atoms with E-state index in [0.717, 1.165) is 38.2 Å². The first-order valence-electron chi connectivity index (χ1n) is 7.43. The Labute approximate surface area is 134 Å². The van der Waals surface area contributed by atoms with Crippen LogP contribution < -0.4 is 5.32 Å². The van der Waals surface area contributed by atoms with Gasteiger partial charge in [0.1, 0.15) is 0 Å². The summed E-state index contributed by atoms with van der Waals surface area (Å²) in [6.07, 6.45) is 1.05. The molecule has 116 valence electrons. The summed E-state index contributed by atoms with van der Waals surface area (Å²) in [7, 11) is 0. The Balaban J connectivity index is 2.36. The van der Waals surface area contributed by atoms with Gasteiger partial charge in [-0.15, -0.1) is 0 Å². The summed E-state index contributed by atoms with van der Waals surface area (Å²) < 4.78 is 0.541. The van der Waals surface area contributed by atoms with Crippen molar-refractivity contribution in [2.45, 2.75) is 26.3 Å². The van der Waals surface area contributed by atoms with Crippen molar-refractivity contribution in [3.8, 4) is 0 Å². The van der Waals surface area contributed by atoms with E-state index in [1.807, 2.05) is 6.07 Å². The predicted molar refractivity (Wildman–Crippen MR) is 87.4 cm³/mol. The second kappa shape index (κ2) is 7.33. The Kier molecular flexibility index (Phi) is 5.72. The van der Waals surface area contributed by atoms with Gasteiger partial charge in [0.05, 0.1) is 9.40 Å². The SMILES string of the molecule is CCC(C)[C@H](c1ccc(Br)c([N+](=O)[O-])c1)N1CCNCC1. The van der Waals surface area contributed by atoms with E-state index in [2.05, 4.69) is 40.0 Å². The van der Waals surface area contributed by atoms with Crippen LogP contribution in [0.25, 0.3) is 0 Å². The molecule has 21 heavy (non-hydrogen) atoms. The Bertz CT molecular complexity index is 504. The lowest BCUT2D eigenvalue weighted by Gasteiger charge is -2.38. The van der Waals surface area contributed by atoms with Crippen molar-refractivity contribution in [3.05, 3.63) is 38.3 Å². The number of piperazine rings is 1. The van der Waals surface area contributed by atoms with Crippen LogP contribution in [-0.4, -0.2) is 36.0 Å². The van der Waals surface area contributed by atoms with Gasteiger partial charge in [0, 0.05) is 38.3 Å². The monoisotopic (exact) mass is 355 g/mol. The first-order valence-corrected chi connectivity index (χ1v) is 8.22. The molecule has 0 radical (unpaired) electrons. The summed E-state index contributed by atoms with van der Waals surface area (Å²) in [5.41, 5.74) is 1.19. The van der Waals surface area contributed by atoms with Crippen LogP contribution in [0.3, 0.4) is 0 Å². The highest BCUT2D eigenvalue weighted by Crippen LogP contribution is 2.35. The number of benzene rings is 1. The Hall–Kier alpha value is -0.980. The first kappa shape index (κ1) is 16.4. The fourth-order valence-electron chi connectivity index (χ4n) is 2.94. The molecule has 0 saturated carbocycles. The predicted octanol–water partition coefficient (Wildman–Crippen LogP) is 3.35. The Morgan fingerprint density at radius 1 is 1.43 bits per heavy atom. The van der Waals surface area contributed by atoms with E-state index in [1.165, 1.54) is 0 Å². The van der Waals surface area contributed by atoms with Gasteiger partial charge in [-0.05, 0) is 33.5 Å². The van der Waals surface area contributed by atoms with Crippen LogP contribution in [0.5, 0.6) is 0 Å². The molecule has 1 aliphatic rings. The fraction of sp³-hybridized carbons (Fsp3) is 0.600. The largest absolute Gasteiger partial charge is 0.314 e. The summed E-state index contributed by atoms with van der Waals surface area (Å²) in [5.74, 6) is 0.462. The Morgan fingerprint density at radius 3 is 2.67 bits per heavy atom. The van der Waals surface area contributed by atoms with Gasteiger partial charge < -0.3 is 5.32 Å². The van der Waals surface area contributed by atoms with E-state index in [4.69, 9.17) is 0 Å². The number of nitro groups is 1. The second-order valence-corrected chi connectivity index (χ2v) is 6.44. The third kappa shape index (κ3) is 3.81. The van der Waals surface area contributed by atoms with Crippen molar-refractivity contribution < 1.29 is 4.92 Å². The van der Waals surface area contributed by atoms with Crippen molar-refractivity contribution in [2.24, 2.45) is 5.92 Å². The lowest BCUT2D eigenvalue weighted by molar-refractivity contribution is -0.385. The minimum absolute atomic E-state index is 0.149. The molecule has 1 N–H and O–H groups in total. The van der Waals surface area contributed by atoms with E-state index in [-0.39, 0.29) is 16.7 Å². The third-order valence-corrected chi connectivity index (χ3v) is 4.91. The summed E-state index contributed by atoms with van der Waals surface area (Å²) in [5, 5.41) is 14.5. The molecule has 0 aromatic heterocycles. The van der Waals surface area contributed by atoms with Gasteiger partial charge in [0.15, 0.2) is 0 Å². The summed E-state index contributed by atoms with van der Waals surface area (Å²) in [6, 6.07) is 5.77. The summed E-state index contributed by atoms with van der Waals surface area (Å²) in [4.78, 5) is 13.3. The zero-order chi connectivity index (χ0) is 15.4. The maximum Gasteiger partial charge on any atom is 0.283 e. The average Bonchev–Trinajstić information content (AvgIpc) is 2.49. The van der Waals surface area contributed by atoms with Crippen LogP contribution in [-0.2, 0) is 0 Å². The van der Waals surface area contributed by atoms with Gasteiger partial charge in [0.2, 0.25) is 0 Å². The minimum atomic E-state index is -0.320. The van der Waals surface area contributed by atoms with E-state index in [9.17, 15) is 10.1 Å². The van der Waals surface area contributed by atoms with E-state index in [0.29, 0.717) is 10.4 Å². The van der Waals surface area contributed by atoms with Crippen LogP contribution in [0.2, 0.25) is 0 Å². The van der Waals surface area contributed by atoms with Crippen LogP contribution in [0.1, 0.15) is 31.9 Å². The quantitative estimate of drug-likeness (QED) is 0.649. The van der Waals surface area contributed by atoms with E-state index >= 15 is 0 Å². The number of nitro benzene ring substituents is 1. The molecule has 0 aliphatic carbocycles. The Morgan fingerprint density at radius 2 is 2.10 bits per heavy atom. The number of hydrogen-bond donors (Lipinski definition) is 1. The normalized spacial score (nSPS) is 19.2. The fourth-order valence-corrected chi connectivity index (χ4v) is 3.33. The van der Waals surface area contributed by atoms with E-state index in [1.54, 1.807) is 12.1 Å². The topological polar surface area (TPSA) is 58.4 Å². The smallest absolute Gasteiger partial charge is 0.283 e. The van der Waals surface area contributed by atoms with Crippen molar-refractivity contribution in [1.29, 1.82) is 0 Å². The molecule has 5 nitrogen and oxygen atoms in total. The number of rotatable bonds is 5. The van der Waals surface area contributed by atoms with Crippen LogP contribution in [0, 0.1) is 16.0 Å². The molecule has 1 aromatic carbocycles. The molecule has 1 aromatic rings. The highest BCUT2D eigenvalue weighted by Gasteiger charge is 2.28. The van der Waals surface area contributed by atoms with Gasteiger partial charge in [-0.1, -0.05) is 26.3 Å². The van der Waals surface area contributed by atoms with Crippen molar-refractivity contribution >= 4 is 21.6 Å². The number of nitrogens with zero attached hydrogens (tertiary/aromatic N) is 2. The molecular formula is C15H22BrN3O2. The molecule has 1 saturated heterocycles. The van der Waals surface area contributed by atoms with Gasteiger partial charge in [-0.2, -0.15) is 0 Å². The zero-order valence-corrected chi connectivity index (χ0v) is 14.1. The van der Waals surface area contributed by atoms with Crippen molar-refractivity contribution in [3.63, 3.8) is 0 Å². The molecule has 0 bridgehead atoms. The van der Waals surface area contributed by atoms with Gasteiger partial charge in [-0.25, -0.2) is 0 Å². The van der Waals surface area contributed by atoms with Crippen molar-refractivity contribution in [2.75, 3.05) is 26.2 Å². The molecule has 1 fully saturated rings. The molecule has 1 heterocycles. The zero-order valence-electron chi connectivity index (χ0n) is 12.5.